The monoisotopic (exact) mass is 330 g/mol. The molecule has 0 aromatic heterocycles. The Morgan fingerprint density at radius 3 is 2.81 bits per heavy atom. The molecule has 0 saturated heterocycles. The summed E-state index contributed by atoms with van der Waals surface area (Å²) in [6.07, 6.45) is 2.74. The van der Waals surface area contributed by atoms with Crippen molar-refractivity contribution in [3.63, 3.8) is 0 Å². The third kappa shape index (κ3) is 3.04. The fourth-order valence-corrected chi connectivity index (χ4v) is 4.46. The zero-order valence-electron chi connectivity index (χ0n) is 11.8. The summed E-state index contributed by atoms with van der Waals surface area (Å²) >= 11 is 6.15. The number of hydrogen-bond acceptors (Lipinski definition) is 4. The summed E-state index contributed by atoms with van der Waals surface area (Å²) in [6.45, 7) is 2.24. The summed E-state index contributed by atoms with van der Waals surface area (Å²) in [7, 11) is -3.61. The molecule has 1 heterocycles. The summed E-state index contributed by atoms with van der Waals surface area (Å²) < 4.78 is 33.3. The SMILES string of the molecule is CC1Cc2cc(S(=O)(=O)NC(CN)C3CC3)cc(Cl)c2O1. The van der Waals surface area contributed by atoms with Gasteiger partial charge in [-0.1, -0.05) is 11.6 Å². The van der Waals surface area contributed by atoms with Crippen molar-refractivity contribution in [3.8, 4) is 5.75 Å². The molecule has 116 valence electrons. The Kier molecular flexibility index (Phi) is 3.90. The van der Waals surface area contributed by atoms with Gasteiger partial charge in [-0.2, -0.15) is 0 Å². The third-order valence-corrected chi connectivity index (χ3v) is 5.73. The highest BCUT2D eigenvalue weighted by molar-refractivity contribution is 7.89. The number of fused-ring (bicyclic) bond motifs is 1. The predicted molar refractivity (Wildman–Crippen MR) is 81.1 cm³/mol. The van der Waals surface area contributed by atoms with Crippen molar-refractivity contribution in [2.45, 2.75) is 43.2 Å². The molecule has 21 heavy (non-hydrogen) atoms. The van der Waals surface area contributed by atoms with E-state index in [-0.39, 0.29) is 17.0 Å². The van der Waals surface area contributed by atoms with Crippen LogP contribution in [0.3, 0.4) is 0 Å². The molecule has 0 bridgehead atoms. The van der Waals surface area contributed by atoms with E-state index in [9.17, 15) is 8.42 Å². The molecule has 3 rings (SSSR count). The number of nitrogens with two attached hydrogens (primary N) is 1. The maximum absolute atomic E-state index is 12.5. The van der Waals surface area contributed by atoms with Crippen LogP contribution in [-0.4, -0.2) is 27.1 Å². The summed E-state index contributed by atoms with van der Waals surface area (Å²) in [4.78, 5) is 0.183. The maximum atomic E-state index is 12.5. The Bertz CT molecular complexity index is 658. The van der Waals surface area contributed by atoms with E-state index in [0.717, 1.165) is 18.4 Å². The average molecular weight is 331 g/mol. The van der Waals surface area contributed by atoms with Gasteiger partial charge in [-0.15, -0.1) is 0 Å². The second-order valence-corrected chi connectivity index (χ2v) is 7.95. The number of rotatable bonds is 5. The fraction of sp³-hybridized carbons (Fsp3) is 0.571. The van der Waals surface area contributed by atoms with Gasteiger partial charge in [0.15, 0.2) is 0 Å². The van der Waals surface area contributed by atoms with Crippen LogP contribution in [0.25, 0.3) is 0 Å². The van der Waals surface area contributed by atoms with E-state index >= 15 is 0 Å². The first kappa shape index (κ1) is 15.1. The maximum Gasteiger partial charge on any atom is 0.240 e. The van der Waals surface area contributed by atoms with Crippen molar-refractivity contribution < 1.29 is 13.2 Å². The van der Waals surface area contributed by atoms with Crippen molar-refractivity contribution in [2.24, 2.45) is 11.7 Å². The lowest BCUT2D eigenvalue weighted by atomic mass is 10.1. The summed E-state index contributed by atoms with van der Waals surface area (Å²) in [5.41, 5.74) is 6.50. The molecular weight excluding hydrogens is 312 g/mol. The van der Waals surface area contributed by atoms with Crippen molar-refractivity contribution in [2.75, 3.05) is 6.54 Å². The first-order valence-corrected chi connectivity index (χ1v) is 8.98. The highest BCUT2D eigenvalue weighted by Gasteiger charge is 2.34. The molecule has 1 aromatic rings. The van der Waals surface area contributed by atoms with Crippen LogP contribution in [-0.2, 0) is 16.4 Å². The van der Waals surface area contributed by atoms with Crippen LogP contribution in [0.1, 0.15) is 25.3 Å². The number of nitrogens with one attached hydrogen (secondary N) is 1. The molecule has 2 atom stereocenters. The van der Waals surface area contributed by atoms with Gasteiger partial charge in [-0.25, -0.2) is 13.1 Å². The van der Waals surface area contributed by atoms with Gasteiger partial charge in [-0.3, -0.25) is 0 Å². The molecule has 1 aliphatic heterocycles. The van der Waals surface area contributed by atoms with E-state index in [1.165, 1.54) is 6.07 Å². The Hall–Kier alpha value is -0.820. The minimum Gasteiger partial charge on any atom is -0.489 e. The van der Waals surface area contributed by atoms with Gasteiger partial charge >= 0.3 is 0 Å². The van der Waals surface area contributed by atoms with Crippen LogP contribution in [0, 0.1) is 5.92 Å². The largest absolute Gasteiger partial charge is 0.489 e. The molecule has 1 saturated carbocycles. The molecule has 2 unspecified atom stereocenters. The van der Waals surface area contributed by atoms with E-state index in [1.807, 2.05) is 6.92 Å². The van der Waals surface area contributed by atoms with E-state index in [4.69, 9.17) is 22.1 Å². The minimum absolute atomic E-state index is 0.0201. The van der Waals surface area contributed by atoms with Crippen molar-refractivity contribution in [1.29, 1.82) is 0 Å². The summed E-state index contributed by atoms with van der Waals surface area (Å²) in [5, 5.41) is 0.341. The first-order valence-electron chi connectivity index (χ1n) is 7.12. The van der Waals surface area contributed by atoms with Crippen LogP contribution in [0.4, 0.5) is 0 Å². The first-order chi connectivity index (χ1) is 9.90. The molecule has 7 heteroatoms. The van der Waals surface area contributed by atoms with Gasteiger partial charge in [0.1, 0.15) is 11.9 Å². The molecule has 3 N–H and O–H groups in total. The number of sulfonamides is 1. The molecule has 1 aliphatic carbocycles. The zero-order valence-corrected chi connectivity index (χ0v) is 13.4. The van der Waals surface area contributed by atoms with Gasteiger partial charge in [0.05, 0.1) is 9.92 Å². The highest BCUT2D eigenvalue weighted by Crippen LogP contribution is 2.38. The van der Waals surface area contributed by atoms with Gasteiger partial charge in [0.2, 0.25) is 10.0 Å². The molecule has 5 nitrogen and oxygen atoms in total. The molecule has 0 amide bonds. The van der Waals surface area contributed by atoms with Gasteiger partial charge in [0, 0.05) is 24.6 Å². The molecule has 0 radical (unpaired) electrons. The van der Waals surface area contributed by atoms with E-state index in [1.54, 1.807) is 6.07 Å². The van der Waals surface area contributed by atoms with Gasteiger partial charge in [0.25, 0.3) is 0 Å². The van der Waals surface area contributed by atoms with E-state index in [2.05, 4.69) is 4.72 Å². The lowest BCUT2D eigenvalue weighted by molar-refractivity contribution is 0.255. The van der Waals surface area contributed by atoms with Crippen molar-refractivity contribution in [3.05, 3.63) is 22.7 Å². The quantitative estimate of drug-likeness (QED) is 0.860. The van der Waals surface area contributed by atoms with E-state index < -0.39 is 10.0 Å². The lowest BCUT2D eigenvalue weighted by Crippen LogP contribution is -2.41. The van der Waals surface area contributed by atoms with Crippen LogP contribution < -0.4 is 15.2 Å². The van der Waals surface area contributed by atoms with Gasteiger partial charge in [-0.05, 0) is 37.8 Å². The number of halogens is 1. The summed E-state index contributed by atoms with van der Waals surface area (Å²) in [6, 6.07) is 2.89. The number of benzene rings is 1. The van der Waals surface area contributed by atoms with Crippen LogP contribution in [0.2, 0.25) is 5.02 Å². The smallest absolute Gasteiger partial charge is 0.240 e. The molecule has 1 aromatic carbocycles. The number of ether oxygens (including phenoxy) is 1. The summed E-state index contributed by atoms with van der Waals surface area (Å²) in [5.74, 6) is 0.957. The van der Waals surface area contributed by atoms with Crippen molar-refractivity contribution in [1.82, 2.24) is 4.72 Å². The normalized spacial score (nSPS) is 22.7. The van der Waals surface area contributed by atoms with Crippen molar-refractivity contribution >= 4 is 21.6 Å². The van der Waals surface area contributed by atoms with E-state index in [0.29, 0.717) is 29.7 Å². The lowest BCUT2D eigenvalue weighted by Gasteiger charge is -2.16. The Balaban J connectivity index is 1.89. The minimum atomic E-state index is -3.61. The number of hydrogen-bond donors (Lipinski definition) is 2. The van der Waals surface area contributed by atoms with Gasteiger partial charge < -0.3 is 10.5 Å². The molecule has 0 spiro atoms. The fourth-order valence-electron chi connectivity index (χ4n) is 2.72. The predicted octanol–water partition coefficient (Wildman–Crippen LogP) is 1.68. The Morgan fingerprint density at radius 1 is 1.48 bits per heavy atom. The van der Waals surface area contributed by atoms with Crippen LogP contribution >= 0.6 is 11.6 Å². The highest BCUT2D eigenvalue weighted by atomic mass is 35.5. The van der Waals surface area contributed by atoms with Crippen LogP contribution in [0.15, 0.2) is 17.0 Å². The second-order valence-electron chi connectivity index (χ2n) is 5.83. The third-order valence-electron chi connectivity index (χ3n) is 3.98. The molecule has 2 aliphatic rings. The Labute approximate surface area is 129 Å². The zero-order chi connectivity index (χ0) is 15.2. The van der Waals surface area contributed by atoms with Crippen LogP contribution in [0.5, 0.6) is 5.75 Å². The standard InChI is InChI=1S/C14H19ClN2O3S/c1-8-4-10-5-11(6-12(15)14(10)20-8)21(18,19)17-13(7-16)9-2-3-9/h5-6,8-9,13,17H,2-4,7,16H2,1H3. The Morgan fingerprint density at radius 2 is 2.19 bits per heavy atom. The second kappa shape index (κ2) is 5.43. The topological polar surface area (TPSA) is 81.4 Å². The molecular formula is C14H19ClN2O3S. The average Bonchev–Trinajstić information content (AvgIpc) is 3.18. The molecule has 1 fully saturated rings.